The van der Waals surface area contributed by atoms with E-state index in [-0.39, 0.29) is 11.7 Å². The summed E-state index contributed by atoms with van der Waals surface area (Å²) < 4.78 is 0. The quantitative estimate of drug-likeness (QED) is 0.477. The highest BCUT2D eigenvalue weighted by atomic mass is 16.1. The molecular formula is C18H26N2O2. The van der Waals surface area contributed by atoms with Gasteiger partial charge in [0.25, 0.3) is 0 Å². The number of ketones is 1. The molecule has 0 amide bonds. The van der Waals surface area contributed by atoms with Gasteiger partial charge in [0.2, 0.25) is 0 Å². The molecule has 4 nitrogen and oxygen atoms in total. The normalized spacial score (nSPS) is 33.6. The fourth-order valence-electron chi connectivity index (χ4n) is 3.46. The van der Waals surface area contributed by atoms with Crippen LogP contribution in [-0.2, 0) is 9.59 Å². The Bertz CT molecular complexity index is 519. The summed E-state index contributed by atoms with van der Waals surface area (Å²) in [6.45, 7) is 6.56. The highest BCUT2D eigenvalue weighted by Crippen LogP contribution is 2.36. The van der Waals surface area contributed by atoms with E-state index < -0.39 is 0 Å². The number of aldehydes is 1. The maximum absolute atomic E-state index is 11.9. The van der Waals surface area contributed by atoms with E-state index >= 15 is 0 Å². The van der Waals surface area contributed by atoms with Gasteiger partial charge in [-0.15, -0.1) is 0 Å². The molecule has 0 aromatic heterocycles. The van der Waals surface area contributed by atoms with Gasteiger partial charge in [-0.2, -0.15) is 0 Å². The van der Waals surface area contributed by atoms with Crippen molar-refractivity contribution in [3.63, 3.8) is 0 Å². The van der Waals surface area contributed by atoms with Gasteiger partial charge in [-0.3, -0.25) is 9.59 Å². The van der Waals surface area contributed by atoms with Gasteiger partial charge in [0.1, 0.15) is 0 Å². The highest BCUT2D eigenvalue weighted by Gasteiger charge is 2.29. The second kappa shape index (κ2) is 7.54. The molecule has 22 heavy (non-hydrogen) atoms. The second-order valence-electron chi connectivity index (χ2n) is 6.41. The largest absolute Gasteiger partial charge is 0.350 e. The third-order valence-electron chi connectivity index (χ3n) is 4.72. The molecule has 1 aliphatic heterocycles. The zero-order valence-corrected chi connectivity index (χ0v) is 13.3. The van der Waals surface area contributed by atoms with Crippen LogP contribution < -0.4 is 11.1 Å². The maximum atomic E-state index is 11.9. The average Bonchev–Trinajstić information content (AvgIpc) is 2.58. The third kappa shape index (κ3) is 3.74. The van der Waals surface area contributed by atoms with E-state index in [4.69, 9.17) is 5.73 Å². The first-order valence-electron chi connectivity index (χ1n) is 8.12. The molecule has 0 aromatic rings. The van der Waals surface area contributed by atoms with Crippen LogP contribution in [-0.4, -0.2) is 18.6 Å². The van der Waals surface area contributed by atoms with Gasteiger partial charge in [0, 0.05) is 12.3 Å². The van der Waals surface area contributed by atoms with Crippen LogP contribution >= 0.6 is 0 Å². The molecule has 0 aromatic carbocycles. The predicted molar refractivity (Wildman–Crippen MR) is 87.8 cm³/mol. The van der Waals surface area contributed by atoms with Crippen LogP contribution in [0.2, 0.25) is 0 Å². The molecule has 120 valence electrons. The van der Waals surface area contributed by atoms with Gasteiger partial charge in [-0.1, -0.05) is 25.7 Å². The molecule has 1 heterocycles. The van der Waals surface area contributed by atoms with Crippen LogP contribution in [0.5, 0.6) is 0 Å². The van der Waals surface area contributed by atoms with Crippen LogP contribution in [0.3, 0.4) is 0 Å². The number of nitrogens with two attached hydrogens (primary N) is 1. The molecule has 4 heteroatoms. The van der Waals surface area contributed by atoms with E-state index in [2.05, 4.69) is 31.0 Å². The Balaban J connectivity index is 2.37. The average molecular weight is 302 g/mol. The Kier molecular flexibility index (Phi) is 5.72. The molecule has 0 radical (unpaired) electrons. The van der Waals surface area contributed by atoms with E-state index in [9.17, 15) is 9.59 Å². The summed E-state index contributed by atoms with van der Waals surface area (Å²) in [6, 6.07) is 0. The fraction of sp³-hybridized carbons (Fsp3) is 0.556. The summed E-state index contributed by atoms with van der Waals surface area (Å²) in [4.78, 5) is 23.5. The Labute approximate surface area is 132 Å². The lowest BCUT2D eigenvalue weighted by molar-refractivity contribution is -0.115. The minimum atomic E-state index is -0.0104. The number of hydrogen-bond donors (Lipinski definition) is 2. The van der Waals surface area contributed by atoms with E-state index in [0.717, 1.165) is 37.5 Å². The van der Waals surface area contributed by atoms with E-state index in [0.29, 0.717) is 36.2 Å². The maximum Gasteiger partial charge on any atom is 0.178 e. The molecule has 0 spiro atoms. The minimum absolute atomic E-state index is 0.0104. The van der Waals surface area contributed by atoms with Crippen molar-refractivity contribution in [3.05, 3.63) is 35.7 Å². The zero-order chi connectivity index (χ0) is 16.1. The van der Waals surface area contributed by atoms with Crippen molar-refractivity contribution in [2.24, 2.45) is 23.5 Å². The van der Waals surface area contributed by atoms with Crippen molar-refractivity contribution >= 4 is 12.1 Å². The molecule has 0 fully saturated rings. The van der Waals surface area contributed by atoms with Crippen molar-refractivity contribution in [2.75, 3.05) is 6.54 Å². The Morgan fingerprint density at radius 3 is 2.77 bits per heavy atom. The Morgan fingerprint density at radius 2 is 2.09 bits per heavy atom. The van der Waals surface area contributed by atoms with Crippen molar-refractivity contribution < 1.29 is 9.59 Å². The van der Waals surface area contributed by atoms with E-state index in [1.54, 1.807) is 0 Å². The lowest BCUT2D eigenvalue weighted by Crippen LogP contribution is -2.30. The topological polar surface area (TPSA) is 72.2 Å². The van der Waals surface area contributed by atoms with Gasteiger partial charge >= 0.3 is 0 Å². The summed E-state index contributed by atoms with van der Waals surface area (Å²) in [7, 11) is 0. The molecule has 0 saturated heterocycles. The SMILES string of the molecule is C=C1N/C(C=O)=C(/C2C=CC(C)CC2CN)CCCCC1=O. The minimum Gasteiger partial charge on any atom is -0.350 e. The molecular weight excluding hydrogens is 276 g/mol. The van der Waals surface area contributed by atoms with E-state index in [1.807, 2.05) is 0 Å². The first-order valence-corrected chi connectivity index (χ1v) is 8.12. The number of rotatable bonds is 3. The van der Waals surface area contributed by atoms with Gasteiger partial charge in [0.15, 0.2) is 12.1 Å². The molecule has 2 rings (SSSR count). The fourth-order valence-corrected chi connectivity index (χ4v) is 3.46. The number of carbonyl (C=O) groups excluding carboxylic acids is 2. The highest BCUT2D eigenvalue weighted by molar-refractivity contribution is 5.95. The van der Waals surface area contributed by atoms with Crippen molar-refractivity contribution in [1.29, 1.82) is 0 Å². The van der Waals surface area contributed by atoms with Gasteiger partial charge in [0.05, 0.1) is 11.4 Å². The predicted octanol–water partition coefficient (Wildman–Crippen LogP) is 2.47. The van der Waals surface area contributed by atoms with Crippen molar-refractivity contribution in [2.45, 2.75) is 39.0 Å². The summed E-state index contributed by atoms with van der Waals surface area (Å²) in [6.07, 6.45) is 9.30. The van der Waals surface area contributed by atoms with Gasteiger partial charge in [-0.05, 0) is 49.6 Å². The lowest BCUT2D eigenvalue weighted by Gasteiger charge is -2.32. The molecule has 3 unspecified atom stereocenters. The summed E-state index contributed by atoms with van der Waals surface area (Å²) in [5.41, 5.74) is 7.86. The Hall–Kier alpha value is -1.68. The molecule has 2 aliphatic rings. The second-order valence-corrected chi connectivity index (χ2v) is 6.41. The summed E-state index contributed by atoms with van der Waals surface area (Å²) >= 11 is 0. The van der Waals surface area contributed by atoms with Crippen LogP contribution in [0.25, 0.3) is 0 Å². The third-order valence-corrected chi connectivity index (χ3v) is 4.72. The molecule has 1 aliphatic carbocycles. The smallest absolute Gasteiger partial charge is 0.178 e. The van der Waals surface area contributed by atoms with E-state index in [1.165, 1.54) is 0 Å². The van der Waals surface area contributed by atoms with Crippen LogP contribution in [0, 0.1) is 17.8 Å². The number of nitrogens with one attached hydrogen (secondary N) is 1. The van der Waals surface area contributed by atoms with Gasteiger partial charge < -0.3 is 11.1 Å². The summed E-state index contributed by atoms with van der Waals surface area (Å²) in [5.74, 6) is 1.03. The number of hydrogen-bond acceptors (Lipinski definition) is 4. The molecule has 3 N–H and O–H groups in total. The first-order chi connectivity index (χ1) is 10.6. The summed E-state index contributed by atoms with van der Waals surface area (Å²) in [5, 5.41) is 2.95. The number of Topliss-reactive ketones (excluding diaryl/α,β-unsaturated/α-hetero) is 1. The lowest BCUT2D eigenvalue weighted by atomic mass is 9.74. The first kappa shape index (κ1) is 16.7. The van der Waals surface area contributed by atoms with Crippen molar-refractivity contribution in [1.82, 2.24) is 5.32 Å². The van der Waals surface area contributed by atoms with Crippen LogP contribution in [0.15, 0.2) is 35.7 Å². The number of allylic oxidation sites excluding steroid dienone is 5. The van der Waals surface area contributed by atoms with Crippen molar-refractivity contribution in [3.8, 4) is 0 Å². The van der Waals surface area contributed by atoms with Crippen LogP contribution in [0.1, 0.15) is 39.0 Å². The Morgan fingerprint density at radius 1 is 1.36 bits per heavy atom. The monoisotopic (exact) mass is 302 g/mol. The zero-order valence-electron chi connectivity index (χ0n) is 13.3. The van der Waals surface area contributed by atoms with Crippen LogP contribution in [0.4, 0.5) is 0 Å². The number of carbonyl (C=O) groups is 2. The van der Waals surface area contributed by atoms with Gasteiger partial charge in [-0.25, -0.2) is 0 Å². The molecule has 3 atom stereocenters. The standard InChI is InChI=1S/C18H26N2O2/c1-12-7-8-15(14(9-12)10-19)16-5-3-4-6-18(22)13(2)20-17(16)11-21/h7-8,11-12,14-15,20H,2-6,9-10,19H2,1H3/b17-16+. The molecule has 0 bridgehead atoms. The molecule has 0 saturated carbocycles.